The maximum atomic E-state index is 12.2. The summed E-state index contributed by atoms with van der Waals surface area (Å²) in [4.78, 5) is 25.1. The van der Waals surface area contributed by atoms with E-state index in [1.54, 1.807) is 19.1 Å². The maximum absolute atomic E-state index is 12.2. The van der Waals surface area contributed by atoms with Crippen LogP contribution in [0.3, 0.4) is 0 Å². The van der Waals surface area contributed by atoms with E-state index in [0.29, 0.717) is 17.7 Å². The number of aryl methyl sites for hydroxylation is 2. The highest BCUT2D eigenvalue weighted by molar-refractivity contribution is 5.94. The quantitative estimate of drug-likeness (QED) is 0.451. The molecule has 0 unspecified atom stereocenters. The van der Waals surface area contributed by atoms with Gasteiger partial charge in [0, 0.05) is 42.5 Å². The van der Waals surface area contributed by atoms with Crippen LogP contribution in [0.2, 0.25) is 0 Å². The molecule has 0 aliphatic carbocycles. The van der Waals surface area contributed by atoms with Crippen LogP contribution in [0.15, 0.2) is 42.5 Å². The Morgan fingerprint density at radius 1 is 1.18 bits per heavy atom. The number of nitro benzene ring substituents is 1. The van der Waals surface area contributed by atoms with Crippen molar-refractivity contribution in [1.29, 1.82) is 0 Å². The minimum Gasteiger partial charge on any atom is -0.378 e. The normalized spacial score (nSPS) is 14.0. The molecule has 1 amide bonds. The van der Waals surface area contributed by atoms with Gasteiger partial charge in [0.15, 0.2) is 0 Å². The summed E-state index contributed by atoms with van der Waals surface area (Å²) in [6, 6.07) is 13.0. The van der Waals surface area contributed by atoms with Gasteiger partial charge < -0.3 is 15.0 Å². The second-order valence-electron chi connectivity index (χ2n) is 6.88. The third-order valence-electron chi connectivity index (χ3n) is 4.91. The minimum absolute atomic E-state index is 0.0343. The summed E-state index contributed by atoms with van der Waals surface area (Å²) in [5, 5.41) is 13.8. The third kappa shape index (κ3) is 5.07. The molecule has 3 rings (SSSR count). The van der Waals surface area contributed by atoms with E-state index in [2.05, 4.69) is 34.5 Å². The molecule has 0 bridgehead atoms. The number of benzene rings is 2. The number of anilines is 1. The van der Waals surface area contributed by atoms with Crippen molar-refractivity contribution in [3.8, 4) is 0 Å². The maximum Gasteiger partial charge on any atom is 0.273 e. The summed E-state index contributed by atoms with van der Waals surface area (Å²) < 4.78 is 5.38. The average Bonchev–Trinajstić information content (AvgIpc) is 2.72. The van der Waals surface area contributed by atoms with Crippen molar-refractivity contribution in [1.82, 2.24) is 5.32 Å². The molecule has 1 N–H and O–H groups in total. The number of nitro groups is 1. The Morgan fingerprint density at radius 3 is 2.57 bits per heavy atom. The van der Waals surface area contributed by atoms with Gasteiger partial charge in [-0.3, -0.25) is 14.9 Å². The predicted molar refractivity (Wildman–Crippen MR) is 108 cm³/mol. The third-order valence-corrected chi connectivity index (χ3v) is 4.91. The average molecular weight is 383 g/mol. The SMILES string of the molecule is Cc1ccc(C(=O)NCCCc2ccc(N3CCOCC3)cc2)cc1[N+](=O)[O-]. The van der Waals surface area contributed by atoms with Gasteiger partial charge in [-0.2, -0.15) is 0 Å². The Kier molecular flexibility index (Phi) is 6.60. The lowest BCUT2D eigenvalue weighted by atomic mass is 10.1. The smallest absolute Gasteiger partial charge is 0.273 e. The van der Waals surface area contributed by atoms with Gasteiger partial charge in [-0.05, 0) is 43.5 Å². The van der Waals surface area contributed by atoms with Gasteiger partial charge in [-0.1, -0.05) is 18.2 Å². The molecule has 1 aliphatic rings. The molecule has 148 valence electrons. The van der Waals surface area contributed by atoms with Crippen LogP contribution in [-0.4, -0.2) is 43.7 Å². The Hall–Kier alpha value is -2.93. The Balaban J connectivity index is 1.46. The summed E-state index contributed by atoms with van der Waals surface area (Å²) >= 11 is 0. The number of amides is 1. The van der Waals surface area contributed by atoms with E-state index in [4.69, 9.17) is 4.74 Å². The predicted octanol–water partition coefficient (Wildman–Crippen LogP) is 3.10. The van der Waals surface area contributed by atoms with E-state index in [-0.39, 0.29) is 11.6 Å². The van der Waals surface area contributed by atoms with Crippen LogP contribution in [0.1, 0.15) is 27.9 Å². The van der Waals surface area contributed by atoms with Gasteiger partial charge in [-0.15, -0.1) is 0 Å². The lowest BCUT2D eigenvalue weighted by Gasteiger charge is -2.28. The second-order valence-corrected chi connectivity index (χ2v) is 6.88. The van der Waals surface area contributed by atoms with Crippen molar-refractivity contribution in [3.63, 3.8) is 0 Å². The van der Waals surface area contributed by atoms with E-state index < -0.39 is 4.92 Å². The number of carbonyl (C=O) groups excluding carboxylic acids is 1. The molecule has 7 heteroatoms. The minimum atomic E-state index is -0.466. The summed E-state index contributed by atoms with van der Waals surface area (Å²) in [5.74, 6) is -0.286. The molecule has 0 atom stereocenters. The highest BCUT2D eigenvalue weighted by Gasteiger charge is 2.14. The van der Waals surface area contributed by atoms with E-state index in [9.17, 15) is 14.9 Å². The highest BCUT2D eigenvalue weighted by atomic mass is 16.6. The molecule has 1 saturated heterocycles. The first-order valence-corrected chi connectivity index (χ1v) is 9.49. The van der Waals surface area contributed by atoms with Gasteiger partial charge >= 0.3 is 0 Å². The van der Waals surface area contributed by atoms with Gasteiger partial charge in [0.25, 0.3) is 11.6 Å². The summed E-state index contributed by atoms with van der Waals surface area (Å²) in [7, 11) is 0. The van der Waals surface area contributed by atoms with Crippen molar-refractivity contribution < 1.29 is 14.5 Å². The zero-order chi connectivity index (χ0) is 19.9. The summed E-state index contributed by atoms with van der Waals surface area (Å²) in [6.45, 7) is 5.55. The first-order valence-electron chi connectivity index (χ1n) is 9.49. The number of hydrogen-bond acceptors (Lipinski definition) is 5. The molecule has 1 heterocycles. The number of ether oxygens (including phenoxy) is 1. The van der Waals surface area contributed by atoms with E-state index in [1.165, 1.54) is 17.3 Å². The van der Waals surface area contributed by atoms with Crippen LogP contribution in [0.25, 0.3) is 0 Å². The molecular formula is C21H25N3O4. The number of nitrogens with one attached hydrogen (secondary N) is 1. The van der Waals surface area contributed by atoms with Crippen molar-refractivity contribution >= 4 is 17.3 Å². The highest BCUT2D eigenvalue weighted by Crippen LogP contribution is 2.19. The topological polar surface area (TPSA) is 84.7 Å². The van der Waals surface area contributed by atoms with Gasteiger partial charge in [-0.25, -0.2) is 0 Å². The molecule has 2 aromatic rings. The number of hydrogen-bond donors (Lipinski definition) is 1. The number of rotatable bonds is 7. The van der Waals surface area contributed by atoms with Crippen LogP contribution in [-0.2, 0) is 11.2 Å². The van der Waals surface area contributed by atoms with E-state index in [0.717, 1.165) is 39.1 Å². The summed E-state index contributed by atoms with van der Waals surface area (Å²) in [6.07, 6.45) is 1.66. The van der Waals surface area contributed by atoms with Crippen LogP contribution in [0.5, 0.6) is 0 Å². The van der Waals surface area contributed by atoms with Crippen molar-refractivity contribution in [2.24, 2.45) is 0 Å². The monoisotopic (exact) mass is 383 g/mol. The van der Waals surface area contributed by atoms with E-state index in [1.807, 2.05) is 0 Å². The fourth-order valence-electron chi connectivity index (χ4n) is 3.24. The molecule has 0 radical (unpaired) electrons. The van der Waals surface area contributed by atoms with Crippen LogP contribution in [0, 0.1) is 17.0 Å². The molecule has 0 spiro atoms. The van der Waals surface area contributed by atoms with Gasteiger partial charge in [0.2, 0.25) is 0 Å². The number of morpholine rings is 1. The van der Waals surface area contributed by atoms with Crippen LogP contribution >= 0.6 is 0 Å². The molecule has 1 aliphatic heterocycles. The molecule has 28 heavy (non-hydrogen) atoms. The van der Waals surface area contributed by atoms with Crippen LogP contribution < -0.4 is 10.2 Å². The number of nitrogens with zero attached hydrogens (tertiary/aromatic N) is 2. The Bertz CT molecular complexity index is 830. The lowest BCUT2D eigenvalue weighted by Crippen LogP contribution is -2.36. The Morgan fingerprint density at radius 2 is 1.89 bits per heavy atom. The molecule has 2 aromatic carbocycles. The van der Waals surface area contributed by atoms with Crippen LogP contribution in [0.4, 0.5) is 11.4 Å². The fraction of sp³-hybridized carbons (Fsp3) is 0.381. The first-order chi connectivity index (χ1) is 13.5. The first kappa shape index (κ1) is 19.8. The van der Waals surface area contributed by atoms with Crippen molar-refractivity contribution in [2.45, 2.75) is 19.8 Å². The van der Waals surface area contributed by atoms with Crippen molar-refractivity contribution in [2.75, 3.05) is 37.7 Å². The van der Waals surface area contributed by atoms with Gasteiger partial charge in [0.1, 0.15) is 0 Å². The molecule has 7 nitrogen and oxygen atoms in total. The fourth-order valence-corrected chi connectivity index (χ4v) is 3.24. The zero-order valence-corrected chi connectivity index (χ0v) is 16.0. The molecule has 1 fully saturated rings. The summed E-state index contributed by atoms with van der Waals surface area (Å²) in [5.41, 5.74) is 3.25. The zero-order valence-electron chi connectivity index (χ0n) is 16.0. The molecule has 0 saturated carbocycles. The lowest BCUT2D eigenvalue weighted by molar-refractivity contribution is -0.385. The van der Waals surface area contributed by atoms with Crippen molar-refractivity contribution in [3.05, 3.63) is 69.3 Å². The standard InChI is InChI=1S/C21H25N3O4/c1-16-4-7-18(15-20(16)24(26)27)21(25)22-10-2-3-17-5-8-19(9-6-17)23-11-13-28-14-12-23/h4-9,15H,2-3,10-14H2,1H3,(H,22,25). The molecular weight excluding hydrogens is 358 g/mol. The number of carbonyl (C=O) groups is 1. The second kappa shape index (κ2) is 9.32. The van der Waals surface area contributed by atoms with Gasteiger partial charge in [0.05, 0.1) is 18.1 Å². The van der Waals surface area contributed by atoms with E-state index >= 15 is 0 Å². The largest absolute Gasteiger partial charge is 0.378 e. The molecule has 0 aromatic heterocycles. The Labute approximate surface area is 164 Å².